The van der Waals surface area contributed by atoms with Crippen LogP contribution >= 0.6 is 0 Å². The number of aromatic nitrogens is 2. The molecule has 0 saturated heterocycles. The van der Waals surface area contributed by atoms with Crippen LogP contribution < -0.4 is 5.32 Å². The summed E-state index contributed by atoms with van der Waals surface area (Å²) in [5.41, 5.74) is 3.94. The van der Waals surface area contributed by atoms with Crippen molar-refractivity contribution in [1.82, 2.24) is 20.4 Å². The number of carbonyl (C=O) groups excluding carboxylic acids is 2. The first kappa shape index (κ1) is 18.2. The lowest BCUT2D eigenvalue weighted by Gasteiger charge is -2.32. The molecule has 0 unspecified atom stereocenters. The van der Waals surface area contributed by atoms with Crippen LogP contribution in [-0.4, -0.2) is 33.5 Å². The van der Waals surface area contributed by atoms with E-state index in [2.05, 4.69) is 15.5 Å². The number of benzene rings is 1. The molecule has 1 aliphatic rings. The van der Waals surface area contributed by atoms with Gasteiger partial charge < -0.3 is 10.2 Å². The van der Waals surface area contributed by atoms with Gasteiger partial charge in [-0.2, -0.15) is 5.10 Å². The molecule has 3 rings (SSSR count). The molecule has 2 heterocycles. The second-order valence-electron chi connectivity index (χ2n) is 7.93. The Balaban J connectivity index is 1.72. The Kier molecular flexibility index (Phi) is 4.85. The predicted octanol–water partition coefficient (Wildman–Crippen LogP) is 2.58. The molecule has 138 valence electrons. The van der Waals surface area contributed by atoms with Crippen LogP contribution in [0.3, 0.4) is 0 Å². The topological polar surface area (TPSA) is 78.1 Å². The van der Waals surface area contributed by atoms with Gasteiger partial charge in [-0.25, -0.2) is 0 Å². The van der Waals surface area contributed by atoms with Gasteiger partial charge in [0, 0.05) is 42.7 Å². The third-order valence-corrected chi connectivity index (χ3v) is 4.61. The monoisotopic (exact) mass is 354 g/mol. The summed E-state index contributed by atoms with van der Waals surface area (Å²) in [4.78, 5) is 27.0. The Labute approximate surface area is 154 Å². The van der Waals surface area contributed by atoms with Gasteiger partial charge in [-0.1, -0.05) is 50.6 Å². The van der Waals surface area contributed by atoms with Crippen molar-refractivity contribution in [3.05, 3.63) is 52.3 Å². The van der Waals surface area contributed by atoms with Gasteiger partial charge in [0.05, 0.1) is 0 Å². The highest BCUT2D eigenvalue weighted by atomic mass is 16.2. The van der Waals surface area contributed by atoms with Crippen LogP contribution in [0.4, 0.5) is 0 Å². The molecule has 0 fully saturated rings. The molecule has 26 heavy (non-hydrogen) atoms. The van der Waals surface area contributed by atoms with Crippen LogP contribution in [-0.2, 0) is 24.3 Å². The fraction of sp³-hybridized carbons (Fsp3) is 0.450. The standard InChI is InChI=1S/C20H26N4O2/c1-13-6-5-7-14(10-13)11-21-18(25)17-15-12-24(19(26)20(2,3)4)9-8-16(15)22-23-17/h5-7,10H,8-9,11-12H2,1-4H3,(H,21,25)(H,22,23). The summed E-state index contributed by atoms with van der Waals surface area (Å²) < 4.78 is 0. The smallest absolute Gasteiger partial charge is 0.272 e. The molecule has 0 saturated carbocycles. The van der Waals surface area contributed by atoms with E-state index in [1.165, 1.54) is 0 Å². The van der Waals surface area contributed by atoms with Crippen molar-refractivity contribution in [2.45, 2.75) is 47.2 Å². The number of aromatic amines is 1. The van der Waals surface area contributed by atoms with Crippen molar-refractivity contribution in [2.75, 3.05) is 6.54 Å². The van der Waals surface area contributed by atoms with Gasteiger partial charge >= 0.3 is 0 Å². The molecule has 0 spiro atoms. The minimum atomic E-state index is -0.436. The van der Waals surface area contributed by atoms with Crippen LogP contribution in [0.25, 0.3) is 0 Å². The number of hydrogen-bond donors (Lipinski definition) is 2. The summed E-state index contributed by atoms with van der Waals surface area (Å²) in [6.45, 7) is 9.29. The third kappa shape index (κ3) is 3.79. The second-order valence-corrected chi connectivity index (χ2v) is 7.93. The summed E-state index contributed by atoms with van der Waals surface area (Å²) in [6.07, 6.45) is 0.690. The summed E-state index contributed by atoms with van der Waals surface area (Å²) in [5.74, 6) is -0.121. The SMILES string of the molecule is Cc1cccc(CNC(=O)c2n[nH]c3c2CN(C(=O)C(C)(C)C)CC3)c1. The lowest BCUT2D eigenvalue weighted by molar-refractivity contribution is -0.140. The predicted molar refractivity (Wildman–Crippen MR) is 99.5 cm³/mol. The van der Waals surface area contributed by atoms with Crippen LogP contribution in [0.1, 0.15) is 53.6 Å². The van der Waals surface area contributed by atoms with Gasteiger partial charge in [0.15, 0.2) is 5.69 Å². The zero-order valence-corrected chi connectivity index (χ0v) is 15.8. The van der Waals surface area contributed by atoms with E-state index < -0.39 is 5.41 Å². The first-order valence-corrected chi connectivity index (χ1v) is 8.95. The van der Waals surface area contributed by atoms with Crippen molar-refractivity contribution in [3.63, 3.8) is 0 Å². The molecule has 2 aromatic rings. The molecule has 2 N–H and O–H groups in total. The number of nitrogens with zero attached hydrogens (tertiary/aromatic N) is 2. The van der Waals surface area contributed by atoms with Crippen LogP contribution in [0, 0.1) is 12.3 Å². The molecule has 6 nitrogen and oxygen atoms in total. The number of rotatable bonds is 3. The number of nitrogens with one attached hydrogen (secondary N) is 2. The molecule has 0 radical (unpaired) electrons. The van der Waals surface area contributed by atoms with E-state index in [1.54, 1.807) is 0 Å². The molecule has 0 aliphatic carbocycles. The molecular formula is C20H26N4O2. The van der Waals surface area contributed by atoms with Crippen molar-refractivity contribution in [2.24, 2.45) is 5.41 Å². The molecule has 0 bridgehead atoms. The number of aryl methyl sites for hydroxylation is 1. The zero-order chi connectivity index (χ0) is 18.9. The summed E-state index contributed by atoms with van der Waals surface area (Å²) in [6, 6.07) is 8.03. The molecule has 6 heteroatoms. The van der Waals surface area contributed by atoms with Gasteiger partial charge in [-0.15, -0.1) is 0 Å². The lowest BCUT2D eigenvalue weighted by atomic mass is 9.93. The number of amides is 2. The van der Waals surface area contributed by atoms with E-state index in [4.69, 9.17) is 0 Å². The fourth-order valence-corrected chi connectivity index (χ4v) is 3.22. The minimum Gasteiger partial charge on any atom is -0.347 e. The van der Waals surface area contributed by atoms with Gasteiger partial charge in [0.25, 0.3) is 5.91 Å². The van der Waals surface area contributed by atoms with E-state index in [0.717, 1.165) is 22.4 Å². The Hall–Kier alpha value is -2.63. The van der Waals surface area contributed by atoms with Crippen LogP contribution in [0.5, 0.6) is 0 Å². The number of hydrogen-bond acceptors (Lipinski definition) is 3. The van der Waals surface area contributed by atoms with Crippen molar-refractivity contribution in [1.29, 1.82) is 0 Å². The number of fused-ring (bicyclic) bond motifs is 1. The van der Waals surface area contributed by atoms with Crippen molar-refractivity contribution >= 4 is 11.8 Å². The molecule has 1 aliphatic heterocycles. The normalized spacial score (nSPS) is 14.1. The average Bonchev–Trinajstić information content (AvgIpc) is 3.01. The zero-order valence-electron chi connectivity index (χ0n) is 15.8. The number of H-pyrrole nitrogens is 1. The quantitative estimate of drug-likeness (QED) is 0.889. The molecule has 0 atom stereocenters. The van der Waals surface area contributed by atoms with Crippen molar-refractivity contribution < 1.29 is 9.59 Å². The maximum atomic E-state index is 12.6. The Morgan fingerprint density at radius 3 is 2.77 bits per heavy atom. The van der Waals surface area contributed by atoms with E-state index in [0.29, 0.717) is 31.7 Å². The molecule has 1 aromatic heterocycles. The fourth-order valence-electron chi connectivity index (χ4n) is 3.22. The lowest BCUT2D eigenvalue weighted by Crippen LogP contribution is -2.42. The minimum absolute atomic E-state index is 0.0930. The third-order valence-electron chi connectivity index (χ3n) is 4.61. The maximum absolute atomic E-state index is 12.6. The van der Waals surface area contributed by atoms with E-state index >= 15 is 0 Å². The Bertz CT molecular complexity index is 833. The Morgan fingerprint density at radius 2 is 2.08 bits per heavy atom. The molecule has 1 aromatic carbocycles. The maximum Gasteiger partial charge on any atom is 0.272 e. The van der Waals surface area contributed by atoms with Gasteiger partial charge in [0.2, 0.25) is 5.91 Å². The van der Waals surface area contributed by atoms with Gasteiger partial charge in [-0.3, -0.25) is 14.7 Å². The van der Waals surface area contributed by atoms with E-state index in [-0.39, 0.29) is 11.8 Å². The first-order valence-electron chi connectivity index (χ1n) is 8.95. The highest BCUT2D eigenvalue weighted by Gasteiger charge is 2.32. The molecular weight excluding hydrogens is 328 g/mol. The highest BCUT2D eigenvalue weighted by Crippen LogP contribution is 2.25. The van der Waals surface area contributed by atoms with Crippen LogP contribution in [0.2, 0.25) is 0 Å². The van der Waals surface area contributed by atoms with E-state index in [1.807, 2.05) is 56.9 Å². The molecule has 2 amide bonds. The number of carbonyl (C=O) groups is 2. The van der Waals surface area contributed by atoms with Crippen LogP contribution in [0.15, 0.2) is 24.3 Å². The Morgan fingerprint density at radius 1 is 1.31 bits per heavy atom. The van der Waals surface area contributed by atoms with Gasteiger partial charge in [-0.05, 0) is 12.5 Å². The first-order chi connectivity index (χ1) is 12.3. The second kappa shape index (κ2) is 6.94. The summed E-state index contributed by atoms with van der Waals surface area (Å²) in [5, 5.41) is 10.1. The largest absolute Gasteiger partial charge is 0.347 e. The average molecular weight is 354 g/mol. The van der Waals surface area contributed by atoms with Crippen molar-refractivity contribution in [3.8, 4) is 0 Å². The van der Waals surface area contributed by atoms with E-state index in [9.17, 15) is 9.59 Å². The summed E-state index contributed by atoms with van der Waals surface area (Å²) in [7, 11) is 0. The summed E-state index contributed by atoms with van der Waals surface area (Å²) >= 11 is 0. The van der Waals surface area contributed by atoms with Gasteiger partial charge in [0.1, 0.15) is 0 Å². The highest BCUT2D eigenvalue weighted by molar-refractivity contribution is 5.94.